The van der Waals surface area contributed by atoms with Gasteiger partial charge in [0.1, 0.15) is 6.33 Å². The van der Waals surface area contributed by atoms with E-state index in [1.54, 1.807) is 18.7 Å². The number of ether oxygens (including phenoxy) is 1. The van der Waals surface area contributed by atoms with Gasteiger partial charge >= 0.3 is 0 Å². The van der Waals surface area contributed by atoms with Gasteiger partial charge in [-0.1, -0.05) is 0 Å². The predicted octanol–water partition coefficient (Wildman–Crippen LogP) is 0.675. The predicted molar refractivity (Wildman–Crippen MR) is 55.4 cm³/mol. The van der Waals surface area contributed by atoms with Crippen molar-refractivity contribution in [3.63, 3.8) is 0 Å². The monoisotopic (exact) mass is 206 g/mol. The maximum Gasteiger partial charge on any atom is 0.115 e. The number of rotatable bonds is 3. The average molecular weight is 206 g/mol. The Kier molecular flexibility index (Phi) is 3.26. The summed E-state index contributed by atoms with van der Waals surface area (Å²) in [4.78, 5) is 7.95. The fourth-order valence-electron chi connectivity index (χ4n) is 1.67. The standard InChI is InChI=1S/C10H14N4O/c11-14-10(8-2-1-3-15-6-8)9-4-12-7-13-5-9/h4-7,10,14H,1-3,11H2. The van der Waals surface area contributed by atoms with Crippen molar-refractivity contribution < 1.29 is 4.74 Å². The molecule has 2 heterocycles. The number of aromatic nitrogens is 2. The highest BCUT2D eigenvalue weighted by Gasteiger charge is 2.17. The fourth-order valence-corrected chi connectivity index (χ4v) is 1.67. The van der Waals surface area contributed by atoms with Gasteiger partial charge in [-0.25, -0.2) is 15.4 Å². The van der Waals surface area contributed by atoms with Crippen molar-refractivity contribution in [3.8, 4) is 0 Å². The van der Waals surface area contributed by atoms with E-state index in [0.29, 0.717) is 0 Å². The Morgan fingerprint density at radius 3 is 2.80 bits per heavy atom. The minimum absolute atomic E-state index is 0.0495. The summed E-state index contributed by atoms with van der Waals surface area (Å²) in [6.45, 7) is 0.784. The minimum Gasteiger partial charge on any atom is -0.501 e. The summed E-state index contributed by atoms with van der Waals surface area (Å²) in [6, 6.07) is -0.0495. The van der Waals surface area contributed by atoms with Crippen LogP contribution in [0.3, 0.4) is 0 Å². The summed E-state index contributed by atoms with van der Waals surface area (Å²) in [7, 11) is 0. The highest BCUT2D eigenvalue weighted by molar-refractivity contribution is 5.23. The van der Waals surface area contributed by atoms with Crippen molar-refractivity contribution in [2.24, 2.45) is 5.84 Å². The Balaban J connectivity index is 2.20. The quantitative estimate of drug-likeness (QED) is 0.562. The first kappa shape index (κ1) is 10.1. The number of nitrogens with two attached hydrogens (primary N) is 1. The zero-order valence-corrected chi connectivity index (χ0v) is 8.39. The van der Waals surface area contributed by atoms with E-state index in [2.05, 4.69) is 15.4 Å². The van der Waals surface area contributed by atoms with Crippen LogP contribution in [0.4, 0.5) is 0 Å². The lowest BCUT2D eigenvalue weighted by atomic mass is 9.98. The molecule has 1 aromatic rings. The molecule has 15 heavy (non-hydrogen) atoms. The van der Waals surface area contributed by atoms with E-state index in [-0.39, 0.29) is 6.04 Å². The Morgan fingerprint density at radius 1 is 1.40 bits per heavy atom. The van der Waals surface area contributed by atoms with Crippen LogP contribution in [0.5, 0.6) is 0 Å². The average Bonchev–Trinajstić information content (AvgIpc) is 2.33. The lowest BCUT2D eigenvalue weighted by Gasteiger charge is -2.22. The minimum atomic E-state index is -0.0495. The van der Waals surface area contributed by atoms with Crippen LogP contribution in [0, 0.1) is 0 Å². The van der Waals surface area contributed by atoms with Gasteiger partial charge in [-0.3, -0.25) is 5.84 Å². The van der Waals surface area contributed by atoms with Gasteiger partial charge in [0.25, 0.3) is 0 Å². The zero-order valence-electron chi connectivity index (χ0n) is 8.39. The summed E-state index contributed by atoms with van der Waals surface area (Å²) in [5.41, 5.74) is 4.85. The van der Waals surface area contributed by atoms with Crippen molar-refractivity contribution in [1.82, 2.24) is 15.4 Å². The summed E-state index contributed by atoms with van der Waals surface area (Å²) in [5.74, 6) is 5.53. The van der Waals surface area contributed by atoms with Crippen LogP contribution in [0.2, 0.25) is 0 Å². The molecule has 0 bridgehead atoms. The van der Waals surface area contributed by atoms with Crippen LogP contribution in [0.25, 0.3) is 0 Å². The highest BCUT2D eigenvalue weighted by atomic mass is 16.5. The molecule has 80 valence electrons. The Bertz CT molecular complexity index is 339. The van der Waals surface area contributed by atoms with E-state index in [0.717, 1.165) is 30.6 Å². The molecule has 0 fully saturated rings. The van der Waals surface area contributed by atoms with Crippen molar-refractivity contribution in [3.05, 3.63) is 36.1 Å². The summed E-state index contributed by atoms with van der Waals surface area (Å²) in [6.07, 6.45) is 8.81. The molecular formula is C10H14N4O. The second-order valence-electron chi connectivity index (χ2n) is 3.44. The molecular weight excluding hydrogens is 192 g/mol. The maximum atomic E-state index is 5.53. The highest BCUT2D eigenvalue weighted by Crippen LogP contribution is 2.25. The second-order valence-corrected chi connectivity index (χ2v) is 3.44. The molecule has 2 rings (SSSR count). The van der Waals surface area contributed by atoms with Crippen LogP contribution in [-0.2, 0) is 4.74 Å². The van der Waals surface area contributed by atoms with Crippen molar-refractivity contribution in [2.75, 3.05) is 6.61 Å². The fraction of sp³-hybridized carbons (Fsp3) is 0.400. The smallest absolute Gasteiger partial charge is 0.115 e. The number of hydrogen-bond donors (Lipinski definition) is 2. The van der Waals surface area contributed by atoms with Crippen LogP contribution >= 0.6 is 0 Å². The molecule has 1 atom stereocenters. The zero-order chi connectivity index (χ0) is 10.5. The maximum absolute atomic E-state index is 5.53. The van der Waals surface area contributed by atoms with Crippen molar-refractivity contribution >= 4 is 0 Å². The molecule has 0 saturated heterocycles. The molecule has 0 saturated carbocycles. The first-order valence-electron chi connectivity index (χ1n) is 4.93. The number of hydrazine groups is 1. The molecule has 0 amide bonds. The first-order valence-corrected chi connectivity index (χ1v) is 4.93. The molecule has 0 radical (unpaired) electrons. The van der Waals surface area contributed by atoms with Gasteiger partial charge in [0.2, 0.25) is 0 Å². The van der Waals surface area contributed by atoms with E-state index in [9.17, 15) is 0 Å². The molecule has 0 aliphatic carbocycles. The second kappa shape index (κ2) is 4.86. The molecule has 0 aromatic carbocycles. The Morgan fingerprint density at radius 2 is 2.20 bits per heavy atom. The van der Waals surface area contributed by atoms with E-state index in [1.165, 1.54) is 6.33 Å². The van der Waals surface area contributed by atoms with Gasteiger partial charge in [0, 0.05) is 18.0 Å². The SMILES string of the molecule is NNC(C1=COCCC1)c1cncnc1. The van der Waals surface area contributed by atoms with Gasteiger partial charge < -0.3 is 4.74 Å². The van der Waals surface area contributed by atoms with Crippen molar-refractivity contribution in [1.29, 1.82) is 0 Å². The molecule has 0 spiro atoms. The molecule has 1 aliphatic rings. The third-order valence-electron chi connectivity index (χ3n) is 2.41. The van der Waals surface area contributed by atoms with Gasteiger partial charge in [-0.05, 0) is 18.4 Å². The Hall–Kier alpha value is -1.46. The summed E-state index contributed by atoms with van der Waals surface area (Å²) in [5, 5.41) is 0. The molecule has 1 aromatic heterocycles. The molecule has 1 unspecified atom stereocenters. The van der Waals surface area contributed by atoms with E-state index >= 15 is 0 Å². The number of hydrogen-bond acceptors (Lipinski definition) is 5. The van der Waals surface area contributed by atoms with Crippen LogP contribution in [0.15, 0.2) is 30.6 Å². The lowest BCUT2D eigenvalue weighted by molar-refractivity contribution is 0.219. The molecule has 3 N–H and O–H groups in total. The van der Waals surface area contributed by atoms with Gasteiger partial charge in [0.05, 0.1) is 18.9 Å². The molecule has 5 heteroatoms. The third-order valence-corrected chi connectivity index (χ3v) is 2.41. The van der Waals surface area contributed by atoms with Gasteiger partial charge in [0.15, 0.2) is 0 Å². The van der Waals surface area contributed by atoms with Crippen LogP contribution in [-0.4, -0.2) is 16.6 Å². The van der Waals surface area contributed by atoms with Gasteiger partial charge in [-0.15, -0.1) is 0 Å². The van der Waals surface area contributed by atoms with Crippen molar-refractivity contribution in [2.45, 2.75) is 18.9 Å². The van der Waals surface area contributed by atoms with Crippen LogP contribution in [0.1, 0.15) is 24.4 Å². The molecule has 1 aliphatic heterocycles. The van der Waals surface area contributed by atoms with E-state index < -0.39 is 0 Å². The van der Waals surface area contributed by atoms with E-state index in [4.69, 9.17) is 10.6 Å². The lowest BCUT2D eigenvalue weighted by Crippen LogP contribution is -2.30. The van der Waals surface area contributed by atoms with E-state index in [1.807, 2.05) is 0 Å². The Labute approximate surface area is 88.3 Å². The molecule has 5 nitrogen and oxygen atoms in total. The topological polar surface area (TPSA) is 73.1 Å². The summed E-state index contributed by atoms with van der Waals surface area (Å²) < 4.78 is 5.29. The third kappa shape index (κ3) is 2.31. The summed E-state index contributed by atoms with van der Waals surface area (Å²) >= 11 is 0. The van der Waals surface area contributed by atoms with Gasteiger partial charge in [-0.2, -0.15) is 0 Å². The first-order chi connectivity index (χ1) is 7.42. The number of nitrogens with one attached hydrogen (secondary N) is 1. The van der Waals surface area contributed by atoms with Crippen LogP contribution < -0.4 is 11.3 Å². The largest absolute Gasteiger partial charge is 0.501 e. The normalized spacial score (nSPS) is 17.8. The number of nitrogens with zero attached hydrogens (tertiary/aromatic N) is 2.